The van der Waals surface area contributed by atoms with Gasteiger partial charge < -0.3 is 5.32 Å². The van der Waals surface area contributed by atoms with Gasteiger partial charge in [-0.1, -0.05) is 47.7 Å². The minimum absolute atomic E-state index is 0.0243. The Morgan fingerprint density at radius 2 is 1.81 bits per heavy atom. The van der Waals surface area contributed by atoms with Crippen LogP contribution in [0.3, 0.4) is 0 Å². The highest BCUT2D eigenvalue weighted by Gasteiger charge is 2.14. The summed E-state index contributed by atoms with van der Waals surface area (Å²) in [5, 5.41) is 23.4. The molecule has 0 saturated carbocycles. The number of rotatable bonds is 5. The molecule has 0 atom stereocenters. The second-order valence-corrected chi connectivity index (χ2v) is 5.47. The number of hydrogen-bond acceptors (Lipinski definition) is 6. The average molecular weight is 346 g/mol. The summed E-state index contributed by atoms with van der Waals surface area (Å²) in [5.41, 5.74) is 2.27. The zero-order valence-corrected chi connectivity index (χ0v) is 13.5. The fourth-order valence-corrected chi connectivity index (χ4v) is 2.49. The first-order chi connectivity index (χ1) is 12.8. The van der Waals surface area contributed by atoms with E-state index < -0.39 is 0 Å². The molecule has 0 bridgehead atoms. The molecule has 2 aromatic heterocycles. The molecule has 0 spiro atoms. The topological polar surface area (TPSA) is 125 Å². The first-order valence-electron chi connectivity index (χ1n) is 7.89. The highest BCUT2D eigenvalue weighted by atomic mass is 16.1. The molecule has 0 radical (unpaired) electrons. The van der Waals surface area contributed by atoms with Crippen molar-refractivity contribution in [2.45, 2.75) is 6.42 Å². The van der Waals surface area contributed by atoms with Crippen molar-refractivity contribution < 1.29 is 4.79 Å². The van der Waals surface area contributed by atoms with E-state index in [9.17, 15) is 4.79 Å². The van der Waals surface area contributed by atoms with Gasteiger partial charge in [0.15, 0.2) is 17.5 Å². The molecule has 0 saturated heterocycles. The number of carbonyl (C=O) groups excluding carboxylic acids is 1. The zero-order valence-electron chi connectivity index (χ0n) is 13.5. The minimum Gasteiger partial charge on any atom is -0.325 e. The lowest BCUT2D eigenvalue weighted by molar-refractivity contribution is -0.115. The van der Waals surface area contributed by atoms with Crippen molar-refractivity contribution in [1.29, 1.82) is 0 Å². The van der Waals surface area contributed by atoms with Crippen LogP contribution in [0.1, 0.15) is 5.82 Å². The van der Waals surface area contributed by atoms with Gasteiger partial charge in [0.05, 0.1) is 12.1 Å². The van der Waals surface area contributed by atoms with E-state index >= 15 is 0 Å². The molecule has 2 aromatic carbocycles. The third-order valence-corrected chi connectivity index (χ3v) is 3.68. The molecular formula is C17H14N8O. The first kappa shape index (κ1) is 15.6. The van der Waals surface area contributed by atoms with Gasteiger partial charge in [-0.3, -0.25) is 9.89 Å². The number of aromatic amines is 2. The van der Waals surface area contributed by atoms with E-state index in [0.717, 1.165) is 11.1 Å². The van der Waals surface area contributed by atoms with E-state index in [2.05, 4.69) is 41.1 Å². The van der Waals surface area contributed by atoms with Crippen molar-refractivity contribution in [3.05, 3.63) is 60.4 Å². The maximum atomic E-state index is 12.2. The van der Waals surface area contributed by atoms with Crippen LogP contribution in [0.2, 0.25) is 0 Å². The van der Waals surface area contributed by atoms with Crippen LogP contribution < -0.4 is 5.32 Å². The molecule has 128 valence electrons. The number of hydrogen-bond donors (Lipinski definition) is 3. The number of anilines is 1. The van der Waals surface area contributed by atoms with Crippen LogP contribution in [0.5, 0.6) is 0 Å². The molecule has 4 rings (SSSR count). The number of nitrogens with one attached hydrogen (secondary N) is 3. The second kappa shape index (κ2) is 6.93. The number of tetrazole rings is 1. The Bertz CT molecular complexity index is 1010. The number of benzene rings is 2. The maximum Gasteiger partial charge on any atom is 0.232 e. The van der Waals surface area contributed by atoms with Crippen LogP contribution in [-0.2, 0) is 11.2 Å². The molecule has 26 heavy (non-hydrogen) atoms. The van der Waals surface area contributed by atoms with Gasteiger partial charge in [0, 0.05) is 11.1 Å². The highest BCUT2D eigenvalue weighted by molar-refractivity contribution is 5.95. The fourth-order valence-electron chi connectivity index (χ4n) is 2.49. The Kier molecular flexibility index (Phi) is 4.17. The van der Waals surface area contributed by atoms with E-state index in [1.807, 2.05) is 48.5 Å². The first-order valence-corrected chi connectivity index (χ1v) is 7.89. The monoisotopic (exact) mass is 346 g/mol. The Morgan fingerprint density at radius 1 is 1.00 bits per heavy atom. The summed E-state index contributed by atoms with van der Waals surface area (Å²) in [7, 11) is 0. The standard InChI is InChI=1S/C17H14N8O/c26-15(10-14-20-24-25-21-14)18-13-9-5-4-8-12(13)17-19-16(22-23-17)11-6-2-1-3-7-11/h1-9H,10H2,(H,18,26)(H,19,22,23)(H,20,21,24,25). The highest BCUT2D eigenvalue weighted by Crippen LogP contribution is 2.26. The molecule has 0 aliphatic carbocycles. The minimum atomic E-state index is -0.248. The molecule has 0 fully saturated rings. The molecule has 2 heterocycles. The summed E-state index contributed by atoms with van der Waals surface area (Å²) in [5.74, 6) is 1.24. The van der Waals surface area contributed by atoms with Crippen LogP contribution in [0, 0.1) is 0 Å². The second-order valence-electron chi connectivity index (χ2n) is 5.47. The van der Waals surface area contributed by atoms with Crippen molar-refractivity contribution in [2.24, 2.45) is 0 Å². The smallest absolute Gasteiger partial charge is 0.232 e. The molecule has 1 amide bonds. The Labute approximate surface area is 147 Å². The van der Waals surface area contributed by atoms with E-state index in [4.69, 9.17) is 0 Å². The largest absolute Gasteiger partial charge is 0.325 e. The van der Waals surface area contributed by atoms with Gasteiger partial charge in [-0.05, 0) is 12.1 Å². The molecule has 0 aliphatic heterocycles. The van der Waals surface area contributed by atoms with Crippen molar-refractivity contribution in [2.75, 3.05) is 5.32 Å². The van der Waals surface area contributed by atoms with E-state index in [-0.39, 0.29) is 12.3 Å². The van der Waals surface area contributed by atoms with Gasteiger partial charge >= 0.3 is 0 Å². The lowest BCUT2D eigenvalue weighted by Gasteiger charge is -2.08. The number of para-hydroxylation sites is 1. The van der Waals surface area contributed by atoms with Crippen LogP contribution in [0.15, 0.2) is 54.6 Å². The summed E-state index contributed by atoms with van der Waals surface area (Å²) in [6.07, 6.45) is 0.0243. The van der Waals surface area contributed by atoms with Gasteiger partial charge in [-0.15, -0.1) is 10.2 Å². The predicted molar refractivity (Wildman–Crippen MR) is 93.8 cm³/mol. The molecular weight excluding hydrogens is 332 g/mol. The molecule has 3 N–H and O–H groups in total. The summed E-state index contributed by atoms with van der Waals surface area (Å²) in [6.45, 7) is 0. The van der Waals surface area contributed by atoms with E-state index in [0.29, 0.717) is 23.2 Å². The molecule has 4 aromatic rings. The number of carbonyl (C=O) groups is 1. The van der Waals surface area contributed by atoms with Gasteiger partial charge in [-0.2, -0.15) is 10.3 Å². The number of H-pyrrole nitrogens is 2. The fraction of sp³-hybridized carbons (Fsp3) is 0.0588. The average Bonchev–Trinajstić information content (AvgIpc) is 3.35. The van der Waals surface area contributed by atoms with Crippen LogP contribution >= 0.6 is 0 Å². The molecule has 0 aliphatic rings. The van der Waals surface area contributed by atoms with Crippen LogP contribution in [0.25, 0.3) is 22.8 Å². The summed E-state index contributed by atoms with van der Waals surface area (Å²) >= 11 is 0. The number of aromatic nitrogens is 7. The summed E-state index contributed by atoms with van der Waals surface area (Å²) < 4.78 is 0. The summed E-state index contributed by atoms with van der Waals surface area (Å²) in [4.78, 5) is 16.7. The molecule has 9 nitrogen and oxygen atoms in total. The third-order valence-electron chi connectivity index (χ3n) is 3.68. The van der Waals surface area contributed by atoms with Crippen molar-refractivity contribution in [3.8, 4) is 22.8 Å². The molecule has 0 unspecified atom stereocenters. The van der Waals surface area contributed by atoms with Crippen molar-refractivity contribution >= 4 is 11.6 Å². The Hall–Kier alpha value is -3.88. The van der Waals surface area contributed by atoms with Gasteiger partial charge in [-0.25, -0.2) is 4.98 Å². The lowest BCUT2D eigenvalue weighted by atomic mass is 10.1. The van der Waals surface area contributed by atoms with Gasteiger partial charge in [0.1, 0.15) is 0 Å². The Balaban J connectivity index is 1.58. The SMILES string of the molecule is O=C(Cc1nn[nH]n1)Nc1ccccc1-c1nc(-c2ccccc2)n[nH]1. The van der Waals surface area contributed by atoms with Crippen molar-refractivity contribution in [3.63, 3.8) is 0 Å². The van der Waals surface area contributed by atoms with Gasteiger partial charge in [0.25, 0.3) is 0 Å². The number of nitrogens with zero attached hydrogens (tertiary/aromatic N) is 5. The number of amides is 1. The van der Waals surface area contributed by atoms with Gasteiger partial charge in [0.2, 0.25) is 5.91 Å². The lowest BCUT2D eigenvalue weighted by Crippen LogP contribution is -2.16. The predicted octanol–water partition coefficient (Wildman–Crippen LogP) is 1.83. The molecule has 9 heteroatoms. The van der Waals surface area contributed by atoms with E-state index in [1.165, 1.54) is 0 Å². The maximum absolute atomic E-state index is 12.2. The van der Waals surface area contributed by atoms with Crippen LogP contribution in [0.4, 0.5) is 5.69 Å². The van der Waals surface area contributed by atoms with Crippen LogP contribution in [-0.4, -0.2) is 41.7 Å². The van der Waals surface area contributed by atoms with E-state index in [1.54, 1.807) is 6.07 Å². The zero-order chi connectivity index (χ0) is 17.8. The Morgan fingerprint density at radius 3 is 2.62 bits per heavy atom. The van der Waals surface area contributed by atoms with Crippen molar-refractivity contribution in [1.82, 2.24) is 35.8 Å². The quantitative estimate of drug-likeness (QED) is 0.506. The third kappa shape index (κ3) is 3.31. The normalized spacial score (nSPS) is 10.6. The summed E-state index contributed by atoms with van der Waals surface area (Å²) in [6, 6.07) is 17.0.